The summed E-state index contributed by atoms with van der Waals surface area (Å²) in [5.41, 5.74) is 4.97. The number of carbonyl (C=O) groups is 1. The molecule has 0 fully saturated rings. The number of para-hydroxylation sites is 1. The first-order valence-electron chi connectivity index (χ1n) is 14.6. The molecule has 5 aromatic rings. The lowest BCUT2D eigenvalue weighted by Crippen LogP contribution is -2.27. The van der Waals surface area contributed by atoms with E-state index in [0.29, 0.717) is 18.1 Å². The molecule has 0 spiro atoms. The maximum atomic E-state index is 13.6. The minimum atomic E-state index is -0.0905. The van der Waals surface area contributed by atoms with Gasteiger partial charge in [0.25, 0.3) is 5.91 Å². The first kappa shape index (κ1) is 27.9. The van der Waals surface area contributed by atoms with Crippen molar-refractivity contribution in [1.82, 2.24) is 0 Å². The number of hydrogen-bond donors (Lipinski definition) is 1. The van der Waals surface area contributed by atoms with Gasteiger partial charge in [0.1, 0.15) is 17.4 Å². The van der Waals surface area contributed by atoms with Crippen LogP contribution in [0.25, 0.3) is 10.8 Å². The Labute approximate surface area is 252 Å². The lowest BCUT2D eigenvalue weighted by atomic mass is 9.72. The third-order valence-corrected chi connectivity index (χ3v) is 9.36. The standard InChI is InChI=1S/C37H36N2O2S/c1-37(2,3)28-19-20-32-33(22-28)42-36(34(32)35(40)39-29-15-5-4-6-16-29)38-23-25-11-9-17-30(21-25)41-24-27-14-10-13-26-12-7-8-18-31(26)27/h4-18,21,23,28H,19-20,22,24H2,1-3H3,(H,39,40)/t28-/m0/s1. The van der Waals surface area contributed by atoms with E-state index in [2.05, 4.69) is 68.6 Å². The van der Waals surface area contributed by atoms with Gasteiger partial charge in [0, 0.05) is 16.8 Å². The maximum absolute atomic E-state index is 13.6. The predicted molar refractivity (Wildman–Crippen MR) is 176 cm³/mol. The molecular formula is C37H36N2O2S. The second-order valence-corrected chi connectivity index (χ2v) is 13.2. The number of aliphatic imine (C=N–C) groups is 1. The molecule has 4 aromatic carbocycles. The number of benzene rings is 4. The van der Waals surface area contributed by atoms with Crippen LogP contribution in [0.4, 0.5) is 10.7 Å². The molecule has 0 aliphatic heterocycles. The second kappa shape index (κ2) is 11.9. The lowest BCUT2D eigenvalue weighted by molar-refractivity contribution is 0.102. The Morgan fingerprint density at radius 1 is 0.976 bits per heavy atom. The molecule has 6 rings (SSSR count). The highest BCUT2D eigenvalue weighted by Gasteiger charge is 2.33. The van der Waals surface area contributed by atoms with E-state index in [4.69, 9.17) is 9.73 Å². The summed E-state index contributed by atoms with van der Waals surface area (Å²) in [7, 11) is 0. The van der Waals surface area contributed by atoms with Gasteiger partial charge in [-0.15, -0.1) is 11.3 Å². The average Bonchev–Trinajstić information content (AvgIpc) is 3.37. The molecule has 0 saturated carbocycles. The fourth-order valence-electron chi connectivity index (χ4n) is 5.75. The number of carbonyl (C=O) groups excluding carboxylic acids is 1. The summed E-state index contributed by atoms with van der Waals surface area (Å²) < 4.78 is 6.21. The fraction of sp³-hybridized carbons (Fsp3) is 0.243. The van der Waals surface area contributed by atoms with Gasteiger partial charge in [-0.1, -0.05) is 93.6 Å². The first-order chi connectivity index (χ1) is 20.3. The molecule has 4 nitrogen and oxygen atoms in total. The van der Waals surface area contributed by atoms with Gasteiger partial charge < -0.3 is 10.1 Å². The first-order valence-corrected chi connectivity index (χ1v) is 15.4. The van der Waals surface area contributed by atoms with E-state index in [1.54, 1.807) is 11.3 Å². The average molecular weight is 573 g/mol. The van der Waals surface area contributed by atoms with Gasteiger partial charge in [0.05, 0.1) is 5.56 Å². The molecule has 0 bridgehead atoms. The predicted octanol–water partition coefficient (Wildman–Crippen LogP) is 9.63. The fourth-order valence-corrected chi connectivity index (χ4v) is 7.02. The van der Waals surface area contributed by atoms with E-state index in [9.17, 15) is 4.79 Å². The largest absolute Gasteiger partial charge is 0.489 e. The number of nitrogens with one attached hydrogen (secondary N) is 1. The van der Waals surface area contributed by atoms with Crippen molar-refractivity contribution in [3.63, 3.8) is 0 Å². The van der Waals surface area contributed by atoms with Crippen molar-refractivity contribution >= 4 is 44.9 Å². The van der Waals surface area contributed by atoms with Gasteiger partial charge in [-0.25, -0.2) is 4.99 Å². The van der Waals surface area contributed by atoms with Crippen LogP contribution in [0.2, 0.25) is 0 Å². The Hall–Kier alpha value is -4.22. The van der Waals surface area contributed by atoms with Crippen LogP contribution in [0.1, 0.15) is 59.1 Å². The van der Waals surface area contributed by atoms with Gasteiger partial charge in [0.15, 0.2) is 0 Å². The summed E-state index contributed by atoms with van der Waals surface area (Å²) in [5, 5.41) is 6.28. The number of ether oxygens (including phenoxy) is 1. The highest BCUT2D eigenvalue weighted by Crippen LogP contribution is 2.45. The molecular weight excluding hydrogens is 536 g/mol. The van der Waals surface area contributed by atoms with E-state index >= 15 is 0 Å². The van der Waals surface area contributed by atoms with Gasteiger partial charge in [0.2, 0.25) is 0 Å². The van der Waals surface area contributed by atoms with Gasteiger partial charge >= 0.3 is 0 Å². The van der Waals surface area contributed by atoms with Crippen LogP contribution in [0.15, 0.2) is 102 Å². The van der Waals surface area contributed by atoms with E-state index in [1.165, 1.54) is 15.6 Å². The Morgan fingerprint density at radius 3 is 2.57 bits per heavy atom. The Morgan fingerprint density at radius 2 is 1.74 bits per heavy atom. The molecule has 1 N–H and O–H groups in total. The monoisotopic (exact) mass is 572 g/mol. The third kappa shape index (κ3) is 6.17. The van der Waals surface area contributed by atoms with Crippen LogP contribution >= 0.6 is 11.3 Å². The summed E-state index contributed by atoms with van der Waals surface area (Å²) in [6.45, 7) is 7.42. The maximum Gasteiger partial charge on any atom is 0.259 e. The minimum absolute atomic E-state index is 0.0905. The zero-order chi connectivity index (χ0) is 29.1. The molecule has 1 aromatic heterocycles. The van der Waals surface area contributed by atoms with Crippen molar-refractivity contribution in [2.75, 3.05) is 5.32 Å². The van der Waals surface area contributed by atoms with Crippen molar-refractivity contribution in [3.05, 3.63) is 124 Å². The minimum Gasteiger partial charge on any atom is -0.489 e. The number of rotatable bonds is 7. The van der Waals surface area contributed by atoms with Crippen LogP contribution in [-0.2, 0) is 19.4 Å². The normalized spacial score (nSPS) is 15.1. The molecule has 212 valence electrons. The van der Waals surface area contributed by atoms with Crippen LogP contribution < -0.4 is 10.1 Å². The zero-order valence-electron chi connectivity index (χ0n) is 24.4. The highest BCUT2D eigenvalue weighted by molar-refractivity contribution is 7.16. The quantitative estimate of drug-likeness (QED) is 0.197. The van der Waals surface area contributed by atoms with Crippen LogP contribution in [0.3, 0.4) is 0 Å². The van der Waals surface area contributed by atoms with E-state index in [1.807, 2.05) is 60.8 Å². The molecule has 0 unspecified atom stereocenters. The van der Waals surface area contributed by atoms with Gasteiger partial charge in [-0.05, 0) is 82.3 Å². The third-order valence-electron chi connectivity index (χ3n) is 8.19. The zero-order valence-corrected chi connectivity index (χ0v) is 25.2. The van der Waals surface area contributed by atoms with Crippen LogP contribution in [-0.4, -0.2) is 12.1 Å². The molecule has 1 heterocycles. The number of anilines is 1. The van der Waals surface area contributed by atoms with Gasteiger partial charge in [-0.3, -0.25) is 4.79 Å². The van der Waals surface area contributed by atoms with Gasteiger partial charge in [-0.2, -0.15) is 0 Å². The lowest BCUT2D eigenvalue weighted by Gasteiger charge is -2.33. The molecule has 1 aliphatic rings. The van der Waals surface area contributed by atoms with E-state index < -0.39 is 0 Å². The summed E-state index contributed by atoms with van der Waals surface area (Å²) in [6, 6.07) is 32.3. The Kier molecular flexibility index (Phi) is 7.94. The molecule has 1 aliphatic carbocycles. The molecule has 1 atom stereocenters. The summed E-state index contributed by atoms with van der Waals surface area (Å²) in [5.74, 6) is 1.28. The van der Waals surface area contributed by atoms with Crippen molar-refractivity contribution in [3.8, 4) is 5.75 Å². The highest BCUT2D eigenvalue weighted by atomic mass is 32.1. The second-order valence-electron chi connectivity index (χ2n) is 12.1. The van der Waals surface area contributed by atoms with Crippen molar-refractivity contribution < 1.29 is 9.53 Å². The summed E-state index contributed by atoms with van der Waals surface area (Å²) >= 11 is 1.66. The summed E-state index contributed by atoms with van der Waals surface area (Å²) in [4.78, 5) is 19.8. The van der Waals surface area contributed by atoms with Crippen molar-refractivity contribution in [1.29, 1.82) is 0 Å². The molecule has 0 radical (unpaired) electrons. The SMILES string of the molecule is CC(C)(C)[C@H]1CCc2c(sc(N=Cc3cccc(OCc4cccc5ccccc45)c3)c2C(=O)Nc2ccccc2)C1. The number of hydrogen-bond acceptors (Lipinski definition) is 4. The van der Waals surface area contributed by atoms with Crippen LogP contribution in [0, 0.1) is 11.3 Å². The molecule has 42 heavy (non-hydrogen) atoms. The summed E-state index contributed by atoms with van der Waals surface area (Å²) in [6.07, 6.45) is 4.82. The van der Waals surface area contributed by atoms with E-state index in [-0.39, 0.29) is 11.3 Å². The van der Waals surface area contributed by atoms with Crippen molar-refractivity contribution in [2.24, 2.45) is 16.3 Å². The number of nitrogens with zero attached hydrogens (tertiary/aromatic N) is 1. The number of amides is 1. The molecule has 5 heteroatoms. The Bertz CT molecular complexity index is 1740. The number of fused-ring (bicyclic) bond motifs is 2. The van der Waals surface area contributed by atoms with Crippen LogP contribution in [0.5, 0.6) is 5.75 Å². The smallest absolute Gasteiger partial charge is 0.259 e. The molecule has 1 amide bonds. The van der Waals surface area contributed by atoms with E-state index in [0.717, 1.165) is 52.4 Å². The Balaban J connectivity index is 1.25. The number of thiophene rings is 1. The topological polar surface area (TPSA) is 50.7 Å². The molecule has 0 saturated heterocycles. The van der Waals surface area contributed by atoms with Crippen molar-refractivity contribution in [2.45, 2.75) is 46.6 Å².